The molecular weight excluding hydrogens is 202 g/mol. The highest BCUT2D eigenvalue weighted by molar-refractivity contribution is 5.85. The van der Waals surface area contributed by atoms with E-state index in [1.165, 1.54) is 22.2 Å². The largest absolute Gasteiger partial charge is 0.356 e. The highest BCUT2D eigenvalue weighted by Crippen LogP contribution is 2.40. The van der Waals surface area contributed by atoms with Gasteiger partial charge in [0.25, 0.3) is 0 Å². The van der Waals surface area contributed by atoms with E-state index in [9.17, 15) is 0 Å². The number of ether oxygens (including phenoxy) is 2. The molecule has 1 aliphatic carbocycles. The monoisotopic (exact) mass is 215 g/mol. The Kier molecular flexibility index (Phi) is 1.70. The number of aromatic amines is 1. The summed E-state index contributed by atoms with van der Waals surface area (Å²) in [5, 5.41) is 1.34. The van der Waals surface area contributed by atoms with Gasteiger partial charge in [-0.2, -0.15) is 0 Å². The van der Waals surface area contributed by atoms with E-state index >= 15 is 0 Å². The van der Waals surface area contributed by atoms with Crippen molar-refractivity contribution >= 4 is 10.9 Å². The zero-order chi connectivity index (χ0) is 10.5. The van der Waals surface area contributed by atoms with E-state index in [2.05, 4.69) is 29.2 Å². The number of nitrogens with one attached hydrogen (secondary N) is 1. The predicted octanol–water partition coefficient (Wildman–Crippen LogP) is 2.53. The maximum atomic E-state index is 5.66. The lowest BCUT2D eigenvalue weighted by Crippen LogP contribution is -2.22. The van der Waals surface area contributed by atoms with Crippen LogP contribution in [0.4, 0.5) is 0 Å². The fourth-order valence-electron chi connectivity index (χ4n) is 2.92. The molecule has 0 saturated carbocycles. The summed E-state index contributed by atoms with van der Waals surface area (Å²) < 4.78 is 11.2. The molecule has 82 valence electrons. The molecule has 1 aromatic heterocycles. The SMILES string of the molecule is c1ccc2c3c([nH]c2c1)C1OCOC1CC3. The van der Waals surface area contributed by atoms with Gasteiger partial charge in [0.05, 0.1) is 11.8 Å². The molecule has 1 aromatic carbocycles. The maximum absolute atomic E-state index is 5.66. The molecule has 3 nitrogen and oxygen atoms in total. The average Bonchev–Trinajstić information content (AvgIpc) is 2.92. The summed E-state index contributed by atoms with van der Waals surface area (Å²) in [6.45, 7) is 0.435. The minimum absolute atomic E-state index is 0.121. The van der Waals surface area contributed by atoms with Crippen LogP contribution in [0.1, 0.15) is 23.8 Å². The van der Waals surface area contributed by atoms with Crippen LogP contribution in [0.25, 0.3) is 10.9 Å². The van der Waals surface area contributed by atoms with Gasteiger partial charge in [-0.25, -0.2) is 0 Å². The second kappa shape index (κ2) is 3.09. The van der Waals surface area contributed by atoms with E-state index in [1.54, 1.807) is 0 Å². The zero-order valence-corrected chi connectivity index (χ0v) is 8.90. The molecule has 0 spiro atoms. The summed E-state index contributed by atoms with van der Waals surface area (Å²) >= 11 is 0. The molecule has 2 heterocycles. The first kappa shape index (κ1) is 8.79. The topological polar surface area (TPSA) is 34.2 Å². The van der Waals surface area contributed by atoms with Gasteiger partial charge in [-0.3, -0.25) is 0 Å². The molecule has 1 saturated heterocycles. The number of fused-ring (bicyclic) bond motifs is 5. The molecule has 2 aliphatic rings. The molecule has 1 fully saturated rings. The van der Waals surface area contributed by atoms with Crippen LogP contribution in [0.2, 0.25) is 0 Å². The highest BCUT2D eigenvalue weighted by Gasteiger charge is 2.37. The predicted molar refractivity (Wildman–Crippen MR) is 60.2 cm³/mol. The number of hydrogen-bond donors (Lipinski definition) is 1. The number of aromatic nitrogens is 1. The number of hydrogen-bond acceptors (Lipinski definition) is 2. The van der Waals surface area contributed by atoms with Crippen LogP contribution in [0.5, 0.6) is 0 Å². The van der Waals surface area contributed by atoms with E-state index in [4.69, 9.17) is 9.47 Å². The van der Waals surface area contributed by atoms with Crippen molar-refractivity contribution < 1.29 is 9.47 Å². The van der Waals surface area contributed by atoms with Crippen LogP contribution in [0.3, 0.4) is 0 Å². The van der Waals surface area contributed by atoms with Crippen LogP contribution in [0.15, 0.2) is 24.3 Å². The molecule has 1 aliphatic heterocycles. The Bertz CT molecular complexity index is 546. The summed E-state index contributed by atoms with van der Waals surface area (Å²) in [4.78, 5) is 3.48. The summed E-state index contributed by atoms with van der Waals surface area (Å²) in [5.41, 5.74) is 3.86. The lowest BCUT2D eigenvalue weighted by atomic mass is 9.91. The highest BCUT2D eigenvalue weighted by atomic mass is 16.7. The van der Waals surface area contributed by atoms with Crippen molar-refractivity contribution in [2.45, 2.75) is 25.0 Å². The quantitative estimate of drug-likeness (QED) is 0.732. The standard InChI is InChI=1S/C13H13NO2/c1-2-4-10-8(3-1)9-5-6-11-13(12(9)14-10)16-7-15-11/h1-4,11,13-14H,5-7H2. The van der Waals surface area contributed by atoms with E-state index in [-0.39, 0.29) is 12.2 Å². The van der Waals surface area contributed by atoms with E-state index in [1.807, 2.05) is 0 Å². The van der Waals surface area contributed by atoms with Gasteiger partial charge in [-0.15, -0.1) is 0 Å². The molecular formula is C13H13NO2. The van der Waals surface area contributed by atoms with Crippen LogP contribution < -0.4 is 0 Å². The van der Waals surface area contributed by atoms with E-state index < -0.39 is 0 Å². The number of H-pyrrole nitrogens is 1. The van der Waals surface area contributed by atoms with Gasteiger partial charge in [0, 0.05) is 10.9 Å². The Morgan fingerprint density at radius 2 is 2.12 bits per heavy atom. The van der Waals surface area contributed by atoms with Gasteiger partial charge >= 0.3 is 0 Å². The molecule has 4 rings (SSSR count). The molecule has 0 radical (unpaired) electrons. The molecule has 16 heavy (non-hydrogen) atoms. The van der Waals surface area contributed by atoms with Crippen molar-refractivity contribution in [3.05, 3.63) is 35.5 Å². The fraction of sp³-hybridized carbons (Fsp3) is 0.385. The Balaban J connectivity index is 1.96. The molecule has 2 atom stereocenters. The third-order valence-electron chi connectivity index (χ3n) is 3.68. The van der Waals surface area contributed by atoms with Crippen molar-refractivity contribution in [2.75, 3.05) is 6.79 Å². The van der Waals surface area contributed by atoms with E-state index in [0.29, 0.717) is 6.79 Å². The lowest BCUT2D eigenvalue weighted by Gasteiger charge is -2.22. The van der Waals surface area contributed by atoms with Crippen LogP contribution in [-0.2, 0) is 15.9 Å². The van der Waals surface area contributed by atoms with Crippen molar-refractivity contribution in [1.82, 2.24) is 4.98 Å². The van der Waals surface area contributed by atoms with Gasteiger partial charge < -0.3 is 14.5 Å². The Labute approximate surface area is 93.4 Å². The Morgan fingerprint density at radius 3 is 3.12 bits per heavy atom. The third kappa shape index (κ3) is 1.05. The number of para-hydroxylation sites is 1. The molecule has 2 unspecified atom stereocenters. The molecule has 0 bridgehead atoms. The smallest absolute Gasteiger partial charge is 0.148 e. The third-order valence-corrected chi connectivity index (χ3v) is 3.68. The minimum Gasteiger partial charge on any atom is -0.356 e. The van der Waals surface area contributed by atoms with Crippen molar-refractivity contribution in [2.24, 2.45) is 0 Å². The summed E-state index contributed by atoms with van der Waals surface area (Å²) in [6, 6.07) is 8.46. The summed E-state index contributed by atoms with van der Waals surface area (Å²) in [7, 11) is 0. The van der Waals surface area contributed by atoms with Gasteiger partial charge in [0.2, 0.25) is 0 Å². The molecule has 0 amide bonds. The average molecular weight is 215 g/mol. The van der Waals surface area contributed by atoms with Crippen molar-refractivity contribution in [3.63, 3.8) is 0 Å². The van der Waals surface area contributed by atoms with Crippen LogP contribution in [-0.4, -0.2) is 17.9 Å². The Hall–Kier alpha value is -1.32. The van der Waals surface area contributed by atoms with Crippen LogP contribution in [0, 0.1) is 0 Å². The normalized spacial score (nSPS) is 28.0. The summed E-state index contributed by atoms with van der Waals surface area (Å²) in [5.74, 6) is 0. The van der Waals surface area contributed by atoms with E-state index in [0.717, 1.165) is 12.8 Å². The second-order valence-corrected chi connectivity index (χ2v) is 4.51. The van der Waals surface area contributed by atoms with Gasteiger partial charge in [-0.1, -0.05) is 18.2 Å². The molecule has 2 aromatic rings. The van der Waals surface area contributed by atoms with Gasteiger partial charge in [0.15, 0.2) is 0 Å². The van der Waals surface area contributed by atoms with Crippen LogP contribution >= 0.6 is 0 Å². The first-order valence-corrected chi connectivity index (χ1v) is 5.76. The maximum Gasteiger partial charge on any atom is 0.148 e. The summed E-state index contributed by atoms with van der Waals surface area (Å²) in [6.07, 6.45) is 2.53. The van der Waals surface area contributed by atoms with Gasteiger partial charge in [0.1, 0.15) is 12.9 Å². The fourth-order valence-corrected chi connectivity index (χ4v) is 2.92. The number of rotatable bonds is 0. The first-order chi connectivity index (χ1) is 7.93. The number of aryl methyl sites for hydroxylation is 1. The molecule has 1 N–H and O–H groups in total. The van der Waals surface area contributed by atoms with Crippen molar-refractivity contribution in [3.8, 4) is 0 Å². The van der Waals surface area contributed by atoms with Gasteiger partial charge in [-0.05, 0) is 24.5 Å². The Morgan fingerprint density at radius 1 is 1.19 bits per heavy atom. The lowest BCUT2D eigenvalue weighted by molar-refractivity contribution is 0.0383. The molecule has 3 heteroatoms. The first-order valence-electron chi connectivity index (χ1n) is 5.76. The van der Waals surface area contributed by atoms with Crippen molar-refractivity contribution in [1.29, 1.82) is 0 Å². The number of benzene rings is 1. The second-order valence-electron chi connectivity index (χ2n) is 4.51. The zero-order valence-electron chi connectivity index (χ0n) is 8.90. The minimum atomic E-state index is 0.121.